The van der Waals surface area contributed by atoms with Crippen LogP contribution in [0.2, 0.25) is 0 Å². The standard InChI is InChI=1S/C18H24O5/c1-3-22-17-11-15(16(13-23-17)18(19)20-2)9-10-21-12-14-7-5-4-6-8-14/h4-8,13,15,17H,3,9-12H2,1-2H3/t15-,17-/m0/s1. The molecule has 1 aromatic carbocycles. The average molecular weight is 320 g/mol. The van der Waals surface area contributed by atoms with Crippen LogP contribution in [-0.2, 0) is 30.3 Å². The van der Waals surface area contributed by atoms with Crippen LogP contribution in [0.15, 0.2) is 42.2 Å². The van der Waals surface area contributed by atoms with Crippen LogP contribution < -0.4 is 0 Å². The van der Waals surface area contributed by atoms with E-state index < -0.39 is 0 Å². The fourth-order valence-electron chi connectivity index (χ4n) is 2.55. The maximum atomic E-state index is 11.8. The molecule has 2 rings (SSSR count). The summed E-state index contributed by atoms with van der Waals surface area (Å²) in [5.41, 5.74) is 1.68. The highest BCUT2D eigenvalue weighted by molar-refractivity contribution is 5.88. The van der Waals surface area contributed by atoms with Crippen LogP contribution in [0.3, 0.4) is 0 Å². The number of carbonyl (C=O) groups excluding carboxylic acids is 1. The average Bonchev–Trinajstić information content (AvgIpc) is 2.59. The molecule has 0 N–H and O–H groups in total. The van der Waals surface area contributed by atoms with E-state index in [4.69, 9.17) is 18.9 Å². The molecule has 126 valence electrons. The van der Waals surface area contributed by atoms with E-state index in [-0.39, 0.29) is 18.2 Å². The van der Waals surface area contributed by atoms with Crippen molar-refractivity contribution in [3.63, 3.8) is 0 Å². The third kappa shape index (κ3) is 5.37. The van der Waals surface area contributed by atoms with Gasteiger partial charge in [-0.2, -0.15) is 0 Å². The first-order valence-electron chi connectivity index (χ1n) is 7.91. The fourth-order valence-corrected chi connectivity index (χ4v) is 2.55. The van der Waals surface area contributed by atoms with Gasteiger partial charge in [0.15, 0.2) is 6.29 Å². The number of methoxy groups -OCH3 is 1. The van der Waals surface area contributed by atoms with Crippen LogP contribution in [-0.4, -0.2) is 32.6 Å². The smallest absolute Gasteiger partial charge is 0.337 e. The van der Waals surface area contributed by atoms with Gasteiger partial charge in [-0.1, -0.05) is 30.3 Å². The number of rotatable bonds is 8. The van der Waals surface area contributed by atoms with Gasteiger partial charge in [0.2, 0.25) is 0 Å². The number of esters is 1. The zero-order valence-electron chi connectivity index (χ0n) is 13.7. The predicted octanol–water partition coefficient (Wildman–Crippen LogP) is 3.05. The van der Waals surface area contributed by atoms with E-state index in [0.29, 0.717) is 31.8 Å². The van der Waals surface area contributed by atoms with Gasteiger partial charge in [-0.25, -0.2) is 4.79 Å². The van der Waals surface area contributed by atoms with Crippen LogP contribution in [0.25, 0.3) is 0 Å². The lowest BCUT2D eigenvalue weighted by molar-refractivity contribution is -0.143. The van der Waals surface area contributed by atoms with Crippen LogP contribution >= 0.6 is 0 Å². The summed E-state index contributed by atoms with van der Waals surface area (Å²) in [6, 6.07) is 10.0. The molecule has 0 fully saturated rings. The van der Waals surface area contributed by atoms with Crippen molar-refractivity contribution >= 4 is 5.97 Å². The van der Waals surface area contributed by atoms with E-state index in [1.54, 1.807) is 0 Å². The molecule has 23 heavy (non-hydrogen) atoms. The first-order valence-corrected chi connectivity index (χ1v) is 7.91. The normalized spacial score (nSPS) is 20.5. The van der Waals surface area contributed by atoms with Crippen molar-refractivity contribution in [2.24, 2.45) is 5.92 Å². The minimum atomic E-state index is -0.354. The molecule has 1 aliphatic rings. The molecule has 0 spiro atoms. The highest BCUT2D eigenvalue weighted by Gasteiger charge is 2.30. The highest BCUT2D eigenvalue weighted by Crippen LogP contribution is 2.29. The van der Waals surface area contributed by atoms with Gasteiger partial charge < -0.3 is 18.9 Å². The van der Waals surface area contributed by atoms with Crippen LogP contribution in [0.5, 0.6) is 0 Å². The molecule has 0 saturated carbocycles. The van der Waals surface area contributed by atoms with Crippen molar-refractivity contribution in [3.05, 3.63) is 47.7 Å². The monoisotopic (exact) mass is 320 g/mol. The zero-order valence-corrected chi connectivity index (χ0v) is 13.7. The van der Waals surface area contributed by atoms with Crippen molar-refractivity contribution in [2.75, 3.05) is 20.3 Å². The largest absolute Gasteiger partial charge is 0.472 e. The van der Waals surface area contributed by atoms with Gasteiger partial charge in [-0.3, -0.25) is 0 Å². The van der Waals surface area contributed by atoms with Crippen LogP contribution in [0.4, 0.5) is 0 Å². The van der Waals surface area contributed by atoms with E-state index in [1.165, 1.54) is 13.4 Å². The summed E-state index contributed by atoms with van der Waals surface area (Å²) < 4.78 is 21.5. The topological polar surface area (TPSA) is 54.0 Å². The lowest BCUT2D eigenvalue weighted by Gasteiger charge is -2.28. The van der Waals surface area contributed by atoms with Gasteiger partial charge in [0, 0.05) is 25.6 Å². The maximum Gasteiger partial charge on any atom is 0.337 e. The number of benzene rings is 1. The molecule has 1 aromatic rings. The Bertz CT molecular complexity index is 511. The number of carbonyl (C=O) groups is 1. The molecule has 0 aliphatic carbocycles. The molecule has 2 atom stereocenters. The molecule has 0 amide bonds. The van der Waals surface area contributed by atoms with E-state index in [2.05, 4.69) is 0 Å². The first kappa shape index (κ1) is 17.5. The molecule has 1 heterocycles. The molecular formula is C18H24O5. The van der Waals surface area contributed by atoms with Gasteiger partial charge in [0.05, 0.1) is 25.6 Å². The Balaban J connectivity index is 1.85. The lowest BCUT2D eigenvalue weighted by atomic mass is 9.91. The number of hydrogen-bond donors (Lipinski definition) is 0. The Morgan fingerprint density at radius 3 is 2.78 bits per heavy atom. The van der Waals surface area contributed by atoms with E-state index in [1.807, 2.05) is 37.3 Å². The van der Waals surface area contributed by atoms with E-state index in [0.717, 1.165) is 12.0 Å². The van der Waals surface area contributed by atoms with Gasteiger partial charge in [-0.15, -0.1) is 0 Å². The summed E-state index contributed by atoms with van der Waals surface area (Å²) in [6.07, 6.45) is 2.51. The first-order chi connectivity index (χ1) is 11.2. The zero-order chi connectivity index (χ0) is 16.5. The molecule has 5 heteroatoms. The summed E-state index contributed by atoms with van der Waals surface area (Å²) in [6.45, 7) is 3.62. The summed E-state index contributed by atoms with van der Waals surface area (Å²) in [5.74, 6) is -0.337. The summed E-state index contributed by atoms with van der Waals surface area (Å²) in [5, 5.41) is 0. The third-order valence-electron chi connectivity index (χ3n) is 3.76. The molecule has 5 nitrogen and oxygen atoms in total. The molecule has 0 saturated heterocycles. The van der Waals surface area contributed by atoms with Gasteiger partial charge in [0.25, 0.3) is 0 Å². The Morgan fingerprint density at radius 2 is 2.09 bits per heavy atom. The van der Waals surface area contributed by atoms with Crippen LogP contribution in [0, 0.1) is 5.92 Å². The van der Waals surface area contributed by atoms with Crippen molar-refractivity contribution in [2.45, 2.75) is 32.7 Å². The molecule has 1 aliphatic heterocycles. The lowest BCUT2D eigenvalue weighted by Crippen LogP contribution is -2.29. The van der Waals surface area contributed by atoms with Crippen molar-refractivity contribution in [1.29, 1.82) is 0 Å². The Labute approximate surface area is 137 Å². The predicted molar refractivity (Wildman–Crippen MR) is 85.4 cm³/mol. The molecule has 0 aromatic heterocycles. The minimum Gasteiger partial charge on any atom is -0.472 e. The second-order valence-electron chi connectivity index (χ2n) is 5.35. The fraction of sp³-hybridized carbons (Fsp3) is 0.500. The SMILES string of the molecule is CCO[C@@H]1C[C@H](CCOCc2ccccc2)C(C(=O)OC)=CO1. The summed E-state index contributed by atoms with van der Waals surface area (Å²) in [7, 11) is 1.38. The maximum absolute atomic E-state index is 11.8. The van der Waals surface area contributed by atoms with Crippen molar-refractivity contribution in [3.8, 4) is 0 Å². The van der Waals surface area contributed by atoms with Crippen molar-refractivity contribution in [1.82, 2.24) is 0 Å². The highest BCUT2D eigenvalue weighted by atomic mass is 16.7. The summed E-state index contributed by atoms with van der Waals surface area (Å²) in [4.78, 5) is 11.8. The minimum absolute atomic E-state index is 0.0172. The van der Waals surface area contributed by atoms with Gasteiger partial charge in [-0.05, 0) is 18.9 Å². The van der Waals surface area contributed by atoms with Gasteiger partial charge in [0.1, 0.15) is 0 Å². The van der Waals surface area contributed by atoms with Gasteiger partial charge >= 0.3 is 5.97 Å². The molecule has 0 unspecified atom stereocenters. The van der Waals surface area contributed by atoms with E-state index >= 15 is 0 Å². The number of hydrogen-bond acceptors (Lipinski definition) is 5. The molecule has 0 radical (unpaired) electrons. The summed E-state index contributed by atoms with van der Waals surface area (Å²) >= 11 is 0. The van der Waals surface area contributed by atoms with Crippen LogP contribution in [0.1, 0.15) is 25.3 Å². The van der Waals surface area contributed by atoms with E-state index in [9.17, 15) is 4.79 Å². The second kappa shape index (κ2) is 9.33. The number of ether oxygens (including phenoxy) is 4. The quantitative estimate of drug-likeness (QED) is 0.544. The second-order valence-corrected chi connectivity index (χ2v) is 5.35. The Kier molecular flexibility index (Phi) is 7.10. The molecular weight excluding hydrogens is 296 g/mol. The third-order valence-corrected chi connectivity index (χ3v) is 3.76. The molecule has 0 bridgehead atoms. The Hall–Kier alpha value is -1.85. The van der Waals surface area contributed by atoms with Crippen molar-refractivity contribution < 1.29 is 23.7 Å². The Morgan fingerprint density at radius 1 is 1.30 bits per heavy atom.